The van der Waals surface area contributed by atoms with Gasteiger partial charge in [0, 0.05) is 18.4 Å². The van der Waals surface area contributed by atoms with Gasteiger partial charge in [-0.2, -0.15) is 0 Å². The Bertz CT molecular complexity index is 856. The minimum Gasteiger partial charge on any atom is -0.379 e. The summed E-state index contributed by atoms with van der Waals surface area (Å²) in [5.41, 5.74) is 7.72. The van der Waals surface area contributed by atoms with Crippen LogP contribution >= 0.6 is 35.0 Å². The van der Waals surface area contributed by atoms with Crippen LogP contribution in [0, 0.1) is 0 Å². The molecule has 3 rings (SSSR count). The Balaban J connectivity index is 1.85. The van der Waals surface area contributed by atoms with Gasteiger partial charge in [-0.3, -0.25) is 9.79 Å². The van der Waals surface area contributed by atoms with Crippen molar-refractivity contribution >= 4 is 45.9 Å². The molecule has 0 amide bonds. The molecule has 0 radical (unpaired) electrons. The first-order chi connectivity index (χ1) is 11.9. The average Bonchev–Trinajstić information content (AvgIpc) is 2.54. The first-order valence-corrected chi connectivity index (χ1v) is 9.53. The van der Waals surface area contributed by atoms with E-state index in [1.807, 2.05) is 24.3 Å². The predicted molar refractivity (Wildman–Crippen MR) is 105 cm³/mol. The molecule has 1 aromatic heterocycles. The highest BCUT2D eigenvalue weighted by molar-refractivity contribution is 8.13. The molecule has 0 spiro atoms. The van der Waals surface area contributed by atoms with Gasteiger partial charge in [0.1, 0.15) is 5.69 Å². The van der Waals surface area contributed by atoms with Crippen LogP contribution in [0.5, 0.6) is 0 Å². The quantitative estimate of drug-likeness (QED) is 0.777. The second kappa shape index (κ2) is 7.36. The molecule has 1 aromatic carbocycles. The first-order valence-electron chi connectivity index (χ1n) is 7.79. The molecule has 2 heterocycles. The van der Waals surface area contributed by atoms with Crippen molar-refractivity contribution in [1.29, 1.82) is 0 Å². The number of aromatic nitrogens is 1. The van der Waals surface area contributed by atoms with Gasteiger partial charge in [0.05, 0.1) is 15.6 Å². The molecule has 0 fully saturated rings. The standard InChI is InChI=1S/C18H17Cl2N3OS/c1-18(5-6-25-17(21)23-18)12-4-2-3-11(7-12)8-15(24)16-14(20)9-13(19)10-22-16/h2-4,7,9-10H,5-6,8H2,1H3,(H2,21,23). The number of nitrogens with two attached hydrogens (primary N) is 1. The fraction of sp³-hybridized carbons (Fsp3) is 0.278. The Hall–Kier alpha value is -1.56. The van der Waals surface area contributed by atoms with Gasteiger partial charge in [0.15, 0.2) is 11.0 Å². The summed E-state index contributed by atoms with van der Waals surface area (Å²) < 4.78 is 0. The highest BCUT2D eigenvalue weighted by Gasteiger charge is 2.29. The molecule has 1 aliphatic heterocycles. The molecule has 4 nitrogen and oxygen atoms in total. The molecule has 2 aromatic rings. The number of nitrogens with zero attached hydrogens (tertiary/aromatic N) is 2. The van der Waals surface area contributed by atoms with Crippen LogP contribution in [0.3, 0.4) is 0 Å². The van der Waals surface area contributed by atoms with Crippen molar-refractivity contribution in [2.24, 2.45) is 10.7 Å². The summed E-state index contributed by atoms with van der Waals surface area (Å²) in [7, 11) is 0. The summed E-state index contributed by atoms with van der Waals surface area (Å²) in [6.07, 6.45) is 2.54. The maximum atomic E-state index is 12.5. The summed E-state index contributed by atoms with van der Waals surface area (Å²) in [6.45, 7) is 2.07. The van der Waals surface area contributed by atoms with Crippen molar-refractivity contribution < 1.29 is 4.79 Å². The Morgan fingerprint density at radius 1 is 1.36 bits per heavy atom. The van der Waals surface area contributed by atoms with Gasteiger partial charge in [-0.25, -0.2) is 4.98 Å². The van der Waals surface area contributed by atoms with E-state index in [0.29, 0.717) is 10.2 Å². The van der Waals surface area contributed by atoms with Gasteiger partial charge in [-0.1, -0.05) is 59.2 Å². The Labute approximate surface area is 160 Å². The minimum absolute atomic E-state index is 0.147. The molecule has 0 bridgehead atoms. The molecule has 130 valence electrons. The third-order valence-corrected chi connectivity index (χ3v) is 5.47. The number of aliphatic imine (C=N–C) groups is 1. The Morgan fingerprint density at radius 3 is 2.88 bits per heavy atom. The molecule has 1 atom stereocenters. The predicted octanol–water partition coefficient (Wildman–Crippen LogP) is 4.48. The van der Waals surface area contributed by atoms with Crippen molar-refractivity contribution in [3.8, 4) is 0 Å². The number of halogens is 2. The second-order valence-corrected chi connectivity index (χ2v) is 8.07. The van der Waals surface area contributed by atoms with E-state index in [1.165, 1.54) is 12.3 Å². The van der Waals surface area contributed by atoms with E-state index in [4.69, 9.17) is 28.9 Å². The van der Waals surface area contributed by atoms with E-state index in [1.54, 1.807) is 11.8 Å². The lowest BCUT2D eigenvalue weighted by Gasteiger charge is -2.30. The number of benzene rings is 1. The zero-order chi connectivity index (χ0) is 18.0. The zero-order valence-electron chi connectivity index (χ0n) is 13.6. The van der Waals surface area contributed by atoms with E-state index in [0.717, 1.165) is 23.3 Å². The van der Waals surface area contributed by atoms with Crippen molar-refractivity contribution in [2.45, 2.75) is 25.3 Å². The van der Waals surface area contributed by atoms with Crippen molar-refractivity contribution in [1.82, 2.24) is 4.98 Å². The highest BCUT2D eigenvalue weighted by Crippen LogP contribution is 2.35. The Morgan fingerprint density at radius 2 is 2.16 bits per heavy atom. The van der Waals surface area contributed by atoms with Crippen LogP contribution in [0.25, 0.3) is 0 Å². The average molecular weight is 394 g/mol. The maximum Gasteiger partial charge on any atom is 0.187 e. The van der Waals surface area contributed by atoms with E-state index in [2.05, 4.69) is 16.9 Å². The number of ketones is 1. The fourth-order valence-electron chi connectivity index (χ4n) is 2.80. The van der Waals surface area contributed by atoms with E-state index in [9.17, 15) is 4.79 Å². The van der Waals surface area contributed by atoms with Gasteiger partial charge in [-0.05, 0) is 30.5 Å². The number of rotatable bonds is 4. The normalized spacial score (nSPS) is 20.2. The third-order valence-electron chi connectivity index (χ3n) is 4.18. The van der Waals surface area contributed by atoms with Crippen LogP contribution in [0.2, 0.25) is 10.0 Å². The lowest BCUT2D eigenvalue weighted by molar-refractivity contribution is 0.0988. The number of thioether (sulfide) groups is 1. The van der Waals surface area contributed by atoms with Gasteiger partial charge >= 0.3 is 0 Å². The molecule has 0 saturated heterocycles. The third kappa shape index (κ3) is 4.17. The summed E-state index contributed by atoms with van der Waals surface area (Å²) in [4.78, 5) is 21.2. The van der Waals surface area contributed by atoms with Crippen LogP contribution < -0.4 is 5.73 Å². The molecule has 1 aliphatic rings. The number of Topliss-reactive ketones (excluding diaryl/α,β-unsaturated/α-hetero) is 1. The number of carbonyl (C=O) groups excluding carboxylic acids is 1. The topological polar surface area (TPSA) is 68.3 Å². The summed E-state index contributed by atoms with van der Waals surface area (Å²) in [5, 5.41) is 1.27. The highest BCUT2D eigenvalue weighted by atomic mass is 35.5. The van der Waals surface area contributed by atoms with Gasteiger partial charge in [0.2, 0.25) is 0 Å². The van der Waals surface area contributed by atoms with Crippen molar-refractivity contribution in [3.05, 3.63) is 63.4 Å². The van der Waals surface area contributed by atoms with Crippen LogP contribution in [0.15, 0.2) is 41.5 Å². The van der Waals surface area contributed by atoms with Crippen LogP contribution in [0.4, 0.5) is 0 Å². The number of hydrogen-bond donors (Lipinski definition) is 1. The largest absolute Gasteiger partial charge is 0.379 e. The molecule has 1 unspecified atom stereocenters. The van der Waals surface area contributed by atoms with Crippen molar-refractivity contribution in [2.75, 3.05) is 5.75 Å². The molecular weight excluding hydrogens is 377 g/mol. The molecule has 0 aliphatic carbocycles. The maximum absolute atomic E-state index is 12.5. The number of carbonyl (C=O) groups is 1. The minimum atomic E-state index is -0.357. The summed E-state index contributed by atoms with van der Waals surface area (Å²) in [5.74, 6) is 0.783. The van der Waals surface area contributed by atoms with Crippen LogP contribution in [-0.2, 0) is 12.0 Å². The van der Waals surface area contributed by atoms with E-state index >= 15 is 0 Å². The summed E-state index contributed by atoms with van der Waals surface area (Å²) >= 11 is 13.5. The van der Waals surface area contributed by atoms with E-state index in [-0.39, 0.29) is 28.5 Å². The second-order valence-electron chi connectivity index (χ2n) is 6.11. The van der Waals surface area contributed by atoms with Crippen LogP contribution in [-0.4, -0.2) is 21.7 Å². The monoisotopic (exact) mass is 393 g/mol. The van der Waals surface area contributed by atoms with Crippen molar-refractivity contribution in [3.63, 3.8) is 0 Å². The lowest BCUT2D eigenvalue weighted by atomic mass is 9.88. The first kappa shape index (κ1) is 18.2. The number of pyridine rings is 1. The molecule has 7 heteroatoms. The van der Waals surface area contributed by atoms with Gasteiger partial charge in [-0.15, -0.1) is 0 Å². The summed E-state index contributed by atoms with van der Waals surface area (Å²) in [6, 6.07) is 9.41. The SMILES string of the molecule is CC1(c2cccc(CC(=O)c3ncc(Cl)cc3Cl)c2)CCSC(N)=N1. The fourth-order valence-corrected chi connectivity index (χ4v) is 4.26. The van der Waals surface area contributed by atoms with Gasteiger partial charge < -0.3 is 5.73 Å². The molecular formula is C18H17Cl2N3OS. The van der Waals surface area contributed by atoms with E-state index < -0.39 is 0 Å². The molecule has 0 saturated carbocycles. The smallest absolute Gasteiger partial charge is 0.187 e. The number of amidine groups is 1. The van der Waals surface area contributed by atoms with Crippen LogP contribution in [0.1, 0.15) is 35.0 Å². The zero-order valence-corrected chi connectivity index (χ0v) is 16.0. The molecule has 25 heavy (non-hydrogen) atoms. The molecule has 2 N–H and O–H groups in total. The number of hydrogen-bond acceptors (Lipinski definition) is 5. The lowest BCUT2D eigenvalue weighted by Crippen LogP contribution is -2.28. The van der Waals surface area contributed by atoms with Gasteiger partial charge in [0.25, 0.3) is 0 Å². The Kier molecular flexibility index (Phi) is 5.37.